The zero-order chi connectivity index (χ0) is 33.3. The summed E-state index contributed by atoms with van der Waals surface area (Å²) >= 11 is 9.03. The van der Waals surface area contributed by atoms with Gasteiger partial charge in [-0.3, -0.25) is 0 Å². The Morgan fingerprint density at radius 3 is 1.41 bits per heavy atom. The molecule has 250 valence electrons. The van der Waals surface area contributed by atoms with Crippen LogP contribution in [0.2, 0.25) is 12.1 Å². The van der Waals surface area contributed by atoms with Gasteiger partial charge in [-0.25, -0.2) is 0 Å². The van der Waals surface area contributed by atoms with Crippen LogP contribution in [-0.2, 0) is 22.7 Å². The van der Waals surface area contributed by atoms with E-state index in [1.807, 2.05) is 22.7 Å². The molecule has 9 rings (SSSR count). The van der Waals surface area contributed by atoms with Gasteiger partial charge in [-0.1, -0.05) is 65.2 Å². The highest BCUT2D eigenvalue weighted by Gasteiger charge is 2.48. The van der Waals surface area contributed by atoms with Crippen LogP contribution in [-0.4, -0.2) is 25.6 Å². The van der Waals surface area contributed by atoms with Crippen molar-refractivity contribution >= 4 is 132 Å². The molecular formula is C34H34N8S6Si. The quantitative estimate of drug-likeness (QED) is 0.0911. The van der Waals surface area contributed by atoms with Crippen molar-refractivity contribution in [2.24, 2.45) is 17.5 Å². The van der Waals surface area contributed by atoms with Gasteiger partial charge in [0.05, 0.1) is 46.2 Å². The Labute approximate surface area is 309 Å². The van der Waals surface area contributed by atoms with Crippen molar-refractivity contribution < 1.29 is 0 Å². The third kappa shape index (κ3) is 4.94. The number of unbranched alkanes of at least 4 members (excludes halogenated alkanes) is 6. The van der Waals surface area contributed by atoms with Crippen molar-refractivity contribution in [3.05, 3.63) is 23.3 Å². The molecule has 3 aliphatic heterocycles. The molecule has 8 nitrogen and oxygen atoms in total. The maximum absolute atomic E-state index is 4.85. The zero-order valence-corrected chi connectivity index (χ0v) is 33.7. The summed E-state index contributed by atoms with van der Waals surface area (Å²) in [5.74, 6) is 0. The number of aromatic nitrogens is 4. The van der Waals surface area contributed by atoms with E-state index < -0.39 is 8.07 Å². The maximum Gasteiger partial charge on any atom is 0.122 e. The highest BCUT2D eigenvalue weighted by Crippen LogP contribution is 2.55. The summed E-state index contributed by atoms with van der Waals surface area (Å²) in [5, 5.41) is 3.26. The second kappa shape index (κ2) is 12.8. The van der Waals surface area contributed by atoms with Crippen LogP contribution in [0.1, 0.15) is 76.3 Å². The molecule has 0 aliphatic carbocycles. The molecule has 7 heterocycles. The first kappa shape index (κ1) is 32.3. The van der Waals surface area contributed by atoms with Gasteiger partial charge in [-0.15, -0.1) is 22.7 Å². The first-order valence-corrected chi connectivity index (χ1v) is 24.1. The van der Waals surface area contributed by atoms with Crippen molar-refractivity contribution in [1.29, 1.82) is 0 Å². The normalized spacial score (nSPS) is 14.9. The predicted octanol–water partition coefficient (Wildman–Crippen LogP) is 11.9. The van der Waals surface area contributed by atoms with Crippen LogP contribution in [0, 0.1) is 13.8 Å². The van der Waals surface area contributed by atoms with Gasteiger partial charge in [-0.05, 0) is 48.4 Å². The SMILES string of the molecule is CCCCCC[Si]1(CCCCCC)c2cc(-c3c4c(c(C)c5nsnc35)N=S=N4)sc2-c2sc(-c3c4c(c(C)c5nsnc35)N=S=N4)cc21. The van der Waals surface area contributed by atoms with Crippen LogP contribution in [0.5, 0.6) is 0 Å². The molecule has 0 fully saturated rings. The van der Waals surface area contributed by atoms with Crippen molar-refractivity contribution in [1.82, 2.24) is 17.5 Å². The Bertz CT molecular complexity index is 2290. The van der Waals surface area contributed by atoms with E-state index in [9.17, 15) is 0 Å². The number of hydrogen-bond acceptors (Lipinski definition) is 12. The van der Waals surface area contributed by atoms with Gasteiger partial charge in [-0.2, -0.15) is 34.9 Å². The van der Waals surface area contributed by atoms with Crippen molar-refractivity contribution in [2.45, 2.75) is 91.1 Å². The minimum absolute atomic E-state index is 0.955. The van der Waals surface area contributed by atoms with Gasteiger partial charge in [0, 0.05) is 41.8 Å². The van der Waals surface area contributed by atoms with Gasteiger partial charge in [0.2, 0.25) is 0 Å². The largest absolute Gasteiger partial charge is 0.173 e. The minimum Gasteiger partial charge on any atom is -0.173 e. The van der Waals surface area contributed by atoms with Gasteiger partial charge < -0.3 is 0 Å². The summed E-state index contributed by atoms with van der Waals surface area (Å²) in [6.45, 7) is 8.83. The molecule has 6 aromatic rings. The first-order valence-electron chi connectivity index (χ1n) is 17.1. The maximum atomic E-state index is 4.85. The third-order valence-corrected chi connectivity index (χ3v) is 20.6. The van der Waals surface area contributed by atoms with E-state index in [2.05, 4.69) is 39.8 Å². The third-order valence-electron chi connectivity index (χ3n) is 10.4. The fraction of sp³-hybridized carbons (Fsp3) is 0.412. The Hall–Kier alpha value is -2.66. The van der Waals surface area contributed by atoms with E-state index in [0.717, 1.165) is 67.1 Å². The molecule has 0 bridgehead atoms. The van der Waals surface area contributed by atoms with E-state index >= 15 is 0 Å². The smallest absolute Gasteiger partial charge is 0.122 e. The van der Waals surface area contributed by atoms with Gasteiger partial charge in [0.25, 0.3) is 0 Å². The summed E-state index contributed by atoms with van der Waals surface area (Å²) in [7, 11) is -2.14. The number of fused-ring (bicyclic) bond motifs is 7. The molecule has 0 spiro atoms. The Kier molecular flexibility index (Phi) is 8.45. The van der Waals surface area contributed by atoms with Crippen molar-refractivity contribution in [2.75, 3.05) is 0 Å². The van der Waals surface area contributed by atoms with Crippen LogP contribution in [0.15, 0.2) is 29.6 Å². The molecule has 0 unspecified atom stereocenters. The zero-order valence-electron chi connectivity index (χ0n) is 27.8. The summed E-state index contributed by atoms with van der Waals surface area (Å²) in [4.78, 5) is 5.43. The van der Waals surface area contributed by atoms with Gasteiger partial charge >= 0.3 is 0 Å². The second-order valence-electron chi connectivity index (χ2n) is 13.3. The second-order valence-corrected chi connectivity index (χ2v) is 21.7. The molecule has 3 aliphatic rings. The van der Waals surface area contributed by atoms with Crippen molar-refractivity contribution in [3.8, 4) is 30.6 Å². The average molecular weight is 775 g/mol. The van der Waals surface area contributed by atoms with E-state index in [0.29, 0.717) is 0 Å². The van der Waals surface area contributed by atoms with Crippen LogP contribution in [0.4, 0.5) is 22.7 Å². The number of benzene rings is 2. The molecule has 0 N–H and O–H groups in total. The fourth-order valence-corrected chi connectivity index (χ4v) is 19.9. The molecule has 0 atom stereocenters. The first-order chi connectivity index (χ1) is 24.1. The summed E-state index contributed by atoms with van der Waals surface area (Å²) in [6.07, 6.45) is 10.2. The Morgan fingerprint density at radius 1 is 0.531 bits per heavy atom. The van der Waals surface area contributed by atoms with Gasteiger partial charge in [0.15, 0.2) is 0 Å². The molecule has 15 heteroatoms. The number of rotatable bonds is 12. The fourth-order valence-electron chi connectivity index (χ4n) is 7.90. The molecular weight excluding hydrogens is 741 g/mol. The van der Waals surface area contributed by atoms with Crippen molar-refractivity contribution in [3.63, 3.8) is 0 Å². The highest BCUT2D eigenvalue weighted by atomic mass is 32.1. The summed E-state index contributed by atoms with van der Waals surface area (Å²) in [5.41, 5.74) is 12.0. The number of hydrogen-bond donors (Lipinski definition) is 0. The van der Waals surface area contributed by atoms with Crippen LogP contribution >= 0.6 is 46.1 Å². The lowest BCUT2D eigenvalue weighted by Crippen LogP contribution is -2.54. The van der Waals surface area contributed by atoms with E-state index in [1.165, 1.54) is 129 Å². The lowest BCUT2D eigenvalue weighted by atomic mass is 10.0. The van der Waals surface area contributed by atoms with E-state index in [-0.39, 0.29) is 0 Å². The Morgan fingerprint density at radius 2 is 0.959 bits per heavy atom. The van der Waals surface area contributed by atoms with E-state index in [4.69, 9.17) is 34.9 Å². The summed E-state index contributed by atoms with van der Waals surface area (Å²) < 4.78 is 38.3. The standard InChI is InChI=1S/C34H34N8S6Si/c1-5-7-9-11-13-49(14-12-10-8-6-2)21-15-19(23-29-25(35-45-39-29)17(3)26-30(23)40-46-36-26)43-33(21)34-22(49)16-20(44-34)24-31-27(37-47-41-31)18(4)28-32(24)42-48-38-28/h15-16H,5-14H2,1-4H3. The summed E-state index contributed by atoms with van der Waals surface area (Å²) in [6, 6.07) is 7.71. The molecule has 2 aromatic carbocycles. The Balaban J connectivity index is 1.27. The topological polar surface area (TPSA) is 101 Å². The number of nitrogens with zero attached hydrogens (tertiary/aromatic N) is 8. The molecule has 0 amide bonds. The van der Waals surface area contributed by atoms with Crippen LogP contribution in [0.25, 0.3) is 52.7 Å². The highest BCUT2D eigenvalue weighted by molar-refractivity contribution is 7.58. The minimum atomic E-state index is -2.14. The molecule has 4 aromatic heterocycles. The average Bonchev–Trinajstić information content (AvgIpc) is 3.95. The molecule has 0 radical (unpaired) electrons. The molecule has 0 saturated heterocycles. The number of thiophene rings is 2. The lowest BCUT2D eigenvalue weighted by Gasteiger charge is -2.29. The molecule has 49 heavy (non-hydrogen) atoms. The van der Waals surface area contributed by atoms with Crippen LogP contribution in [0.3, 0.4) is 0 Å². The van der Waals surface area contributed by atoms with Gasteiger partial charge in [0.1, 0.15) is 52.9 Å². The number of aryl methyl sites for hydroxylation is 2. The lowest BCUT2D eigenvalue weighted by molar-refractivity contribution is 0.684. The predicted molar refractivity (Wildman–Crippen MR) is 216 cm³/mol. The monoisotopic (exact) mass is 774 g/mol. The van der Waals surface area contributed by atoms with Crippen LogP contribution < -0.4 is 10.4 Å². The van der Waals surface area contributed by atoms with E-state index in [1.54, 1.807) is 10.4 Å². The molecule has 0 saturated carbocycles.